The van der Waals surface area contributed by atoms with Gasteiger partial charge in [0.25, 0.3) is 6.02 Å². The molecule has 2 heterocycles. The standard InChI is InChI=1S/C24H43N5O3S3/c1-8-26-17-19(33)28(21(26)34)23(3,4)11-15-30-13-10-14-31-16-12-24(5,6)29-20(25-7)32-18-27(9-2)22(29)35/h8-18H2,1-7H3. The van der Waals surface area contributed by atoms with Gasteiger partial charge in [0.05, 0.1) is 6.54 Å². The second-order valence-electron chi connectivity index (χ2n) is 9.98. The van der Waals surface area contributed by atoms with Gasteiger partial charge in [-0.15, -0.1) is 0 Å². The SMILES string of the molecule is CCN1CC(=S)N(C(C)(C)CCOCCCOCCC(C)(C)N2C(=S)N(CC)COC2=NC)C1=S. The van der Waals surface area contributed by atoms with E-state index in [4.69, 9.17) is 50.9 Å². The summed E-state index contributed by atoms with van der Waals surface area (Å²) in [6, 6.07) is 0.568. The van der Waals surface area contributed by atoms with Crippen LogP contribution in [0, 0.1) is 0 Å². The van der Waals surface area contributed by atoms with Crippen LogP contribution in [0.15, 0.2) is 4.99 Å². The second kappa shape index (κ2) is 13.4. The first-order valence-corrected chi connectivity index (χ1v) is 13.7. The van der Waals surface area contributed by atoms with Gasteiger partial charge in [-0.2, -0.15) is 0 Å². The Labute approximate surface area is 227 Å². The van der Waals surface area contributed by atoms with Crippen LogP contribution in [0.2, 0.25) is 0 Å². The largest absolute Gasteiger partial charge is 0.443 e. The molecule has 2 fully saturated rings. The van der Waals surface area contributed by atoms with Gasteiger partial charge in [0, 0.05) is 57.6 Å². The summed E-state index contributed by atoms with van der Waals surface area (Å²) in [4.78, 5) is 13.5. The Bertz CT molecular complexity index is 790. The van der Waals surface area contributed by atoms with Crippen molar-refractivity contribution in [1.29, 1.82) is 0 Å². The van der Waals surface area contributed by atoms with Crippen molar-refractivity contribution in [2.75, 3.05) is 59.8 Å². The third kappa shape index (κ3) is 7.67. The van der Waals surface area contributed by atoms with Crippen molar-refractivity contribution in [2.45, 2.75) is 71.9 Å². The Morgan fingerprint density at radius 3 is 1.83 bits per heavy atom. The smallest absolute Gasteiger partial charge is 0.295 e. The predicted octanol–water partition coefficient (Wildman–Crippen LogP) is 3.88. The average Bonchev–Trinajstić information content (AvgIpc) is 3.10. The molecule has 0 spiro atoms. The lowest BCUT2D eigenvalue weighted by atomic mass is 9.99. The molecule has 0 bridgehead atoms. The molecule has 35 heavy (non-hydrogen) atoms. The van der Waals surface area contributed by atoms with Crippen molar-refractivity contribution in [3.8, 4) is 0 Å². The van der Waals surface area contributed by atoms with Gasteiger partial charge in [-0.05, 0) is 85.2 Å². The first-order chi connectivity index (χ1) is 16.5. The summed E-state index contributed by atoms with van der Waals surface area (Å²) in [5, 5.41) is 1.58. The summed E-state index contributed by atoms with van der Waals surface area (Å²) in [7, 11) is 1.73. The zero-order valence-electron chi connectivity index (χ0n) is 22.5. The molecule has 0 aromatic heterocycles. The van der Waals surface area contributed by atoms with Gasteiger partial charge >= 0.3 is 0 Å². The average molecular weight is 546 g/mol. The monoisotopic (exact) mass is 545 g/mol. The molecule has 0 amide bonds. The number of nitrogens with zero attached hydrogens (tertiary/aromatic N) is 5. The van der Waals surface area contributed by atoms with Crippen LogP contribution in [0.25, 0.3) is 0 Å². The van der Waals surface area contributed by atoms with Gasteiger partial charge in [0.1, 0.15) is 4.99 Å². The Balaban J connectivity index is 1.66. The fraction of sp³-hybridized carbons (Fsp3) is 0.833. The molecule has 0 unspecified atom stereocenters. The highest BCUT2D eigenvalue weighted by atomic mass is 32.1. The number of amidine groups is 1. The number of ether oxygens (including phenoxy) is 3. The quantitative estimate of drug-likeness (QED) is 0.237. The van der Waals surface area contributed by atoms with E-state index < -0.39 is 0 Å². The Kier molecular flexibility index (Phi) is 11.5. The van der Waals surface area contributed by atoms with Crippen LogP contribution in [-0.2, 0) is 14.2 Å². The van der Waals surface area contributed by atoms with Crippen molar-refractivity contribution in [1.82, 2.24) is 19.6 Å². The van der Waals surface area contributed by atoms with E-state index in [0.29, 0.717) is 39.2 Å². The van der Waals surface area contributed by atoms with Crippen LogP contribution in [0.1, 0.15) is 60.8 Å². The first-order valence-electron chi connectivity index (χ1n) is 12.5. The highest BCUT2D eigenvalue weighted by molar-refractivity contribution is 7.82. The van der Waals surface area contributed by atoms with Crippen LogP contribution in [-0.4, -0.2) is 112 Å². The van der Waals surface area contributed by atoms with Gasteiger partial charge < -0.3 is 28.9 Å². The number of hydrogen-bond donors (Lipinski definition) is 0. The zero-order valence-corrected chi connectivity index (χ0v) is 24.9. The van der Waals surface area contributed by atoms with Gasteiger partial charge in [-0.1, -0.05) is 12.2 Å². The van der Waals surface area contributed by atoms with Crippen LogP contribution in [0.5, 0.6) is 0 Å². The maximum Gasteiger partial charge on any atom is 0.295 e. The summed E-state index contributed by atoms with van der Waals surface area (Å²) >= 11 is 16.9. The summed E-state index contributed by atoms with van der Waals surface area (Å²) in [6.45, 7) is 18.2. The molecule has 0 aromatic carbocycles. The second-order valence-corrected chi connectivity index (χ2v) is 11.2. The lowest BCUT2D eigenvalue weighted by Gasteiger charge is -2.46. The van der Waals surface area contributed by atoms with Gasteiger partial charge in [-0.25, -0.2) is 4.99 Å². The Morgan fingerprint density at radius 1 is 0.829 bits per heavy atom. The van der Waals surface area contributed by atoms with Crippen LogP contribution < -0.4 is 0 Å². The zero-order chi connectivity index (χ0) is 26.2. The minimum Gasteiger partial charge on any atom is -0.443 e. The number of rotatable bonds is 14. The van der Waals surface area contributed by atoms with Crippen molar-refractivity contribution in [2.24, 2.45) is 4.99 Å². The van der Waals surface area contributed by atoms with Crippen molar-refractivity contribution >= 4 is 57.9 Å². The third-order valence-electron chi connectivity index (χ3n) is 6.50. The molecule has 2 aliphatic rings. The van der Waals surface area contributed by atoms with E-state index in [-0.39, 0.29) is 11.1 Å². The number of thiocarbonyl (C=S) groups is 3. The van der Waals surface area contributed by atoms with E-state index in [1.54, 1.807) is 7.05 Å². The lowest BCUT2D eigenvalue weighted by Crippen LogP contribution is -2.61. The van der Waals surface area contributed by atoms with E-state index >= 15 is 0 Å². The number of aliphatic imine (C=N–C) groups is 1. The summed E-state index contributed by atoms with van der Waals surface area (Å²) in [5.41, 5.74) is -0.432. The minimum atomic E-state index is -0.272. The molecule has 2 saturated heterocycles. The topological polar surface area (TPSA) is 53.0 Å². The molecule has 2 aliphatic heterocycles. The molecular formula is C24H43N5O3S3. The molecule has 200 valence electrons. The Hall–Kier alpha value is -1.14. The fourth-order valence-corrected chi connectivity index (χ4v) is 5.72. The molecule has 2 rings (SSSR count). The summed E-state index contributed by atoms with van der Waals surface area (Å²) in [6.07, 6.45) is 2.50. The maximum absolute atomic E-state index is 5.91. The molecule has 0 radical (unpaired) electrons. The van der Waals surface area contributed by atoms with Crippen molar-refractivity contribution in [3.63, 3.8) is 0 Å². The van der Waals surface area contributed by atoms with Crippen LogP contribution in [0.3, 0.4) is 0 Å². The molecule has 0 aromatic rings. The van der Waals surface area contributed by atoms with Crippen LogP contribution in [0.4, 0.5) is 0 Å². The summed E-state index contributed by atoms with van der Waals surface area (Å²) in [5.74, 6) is 0. The molecular weight excluding hydrogens is 502 g/mol. The Morgan fingerprint density at radius 2 is 1.34 bits per heavy atom. The summed E-state index contributed by atoms with van der Waals surface area (Å²) < 4.78 is 17.6. The highest BCUT2D eigenvalue weighted by Gasteiger charge is 2.39. The number of likely N-dealkylation sites (N-methyl/N-ethyl adjacent to an activating group) is 1. The molecule has 8 nitrogen and oxygen atoms in total. The van der Waals surface area contributed by atoms with E-state index in [9.17, 15) is 0 Å². The minimum absolute atomic E-state index is 0.160. The van der Waals surface area contributed by atoms with Crippen LogP contribution >= 0.6 is 36.7 Å². The molecule has 0 aliphatic carbocycles. The third-order valence-corrected chi connectivity index (χ3v) is 7.69. The predicted molar refractivity (Wildman–Crippen MR) is 154 cm³/mol. The van der Waals surface area contributed by atoms with Crippen molar-refractivity contribution in [3.05, 3.63) is 0 Å². The fourth-order valence-electron chi connectivity index (χ4n) is 4.12. The van der Waals surface area contributed by atoms with E-state index in [1.165, 1.54) is 0 Å². The van der Waals surface area contributed by atoms with E-state index in [2.05, 4.69) is 56.3 Å². The van der Waals surface area contributed by atoms with E-state index in [0.717, 1.165) is 54.1 Å². The molecule has 0 N–H and O–H groups in total. The highest BCUT2D eigenvalue weighted by Crippen LogP contribution is 2.27. The van der Waals surface area contributed by atoms with Gasteiger partial charge in [0.15, 0.2) is 17.0 Å². The van der Waals surface area contributed by atoms with Gasteiger partial charge in [-0.3, -0.25) is 4.90 Å². The normalized spacial score (nSPS) is 18.8. The number of hydrogen-bond acceptors (Lipinski definition) is 7. The van der Waals surface area contributed by atoms with Crippen molar-refractivity contribution < 1.29 is 14.2 Å². The molecule has 11 heteroatoms. The van der Waals surface area contributed by atoms with Gasteiger partial charge in [0.2, 0.25) is 0 Å². The molecule has 0 saturated carbocycles. The first kappa shape index (κ1) is 30.1. The maximum atomic E-state index is 5.91. The molecule has 0 atom stereocenters. The lowest BCUT2D eigenvalue weighted by molar-refractivity contribution is 0.0509. The van der Waals surface area contributed by atoms with E-state index in [1.807, 2.05) is 9.80 Å².